The molecular weight excluding hydrogens is 329 g/mol. The molecule has 0 aliphatic heterocycles. The Kier molecular flexibility index (Phi) is 3.98. The van der Waals surface area contributed by atoms with Gasteiger partial charge in [0.15, 0.2) is 0 Å². The lowest BCUT2D eigenvalue weighted by Gasteiger charge is -2.10. The highest BCUT2D eigenvalue weighted by Crippen LogP contribution is 2.22. The Morgan fingerprint density at radius 2 is 2.08 bits per heavy atom. The minimum absolute atomic E-state index is 0.290. The first-order valence-corrected chi connectivity index (χ1v) is 8.36. The van der Waals surface area contributed by atoms with Gasteiger partial charge in [0.05, 0.1) is 29.2 Å². The third-order valence-corrected chi connectivity index (χ3v) is 4.38. The van der Waals surface area contributed by atoms with Gasteiger partial charge >= 0.3 is 0 Å². The van der Waals surface area contributed by atoms with E-state index in [1.807, 2.05) is 22.9 Å². The molecule has 0 spiro atoms. The van der Waals surface area contributed by atoms with Crippen LogP contribution in [0.2, 0.25) is 0 Å². The number of rotatable bonds is 4. The quantitative estimate of drug-likeness (QED) is 0.562. The van der Waals surface area contributed by atoms with E-state index in [1.54, 1.807) is 24.4 Å². The summed E-state index contributed by atoms with van der Waals surface area (Å²) in [7, 11) is 0. The number of benzene rings is 2. The molecule has 2 heterocycles. The molecule has 0 fully saturated rings. The van der Waals surface area contributed by atoms with Gasteiger partial charge in [-0.25, -0.2) is 14.4 Å². The van der Waals surface area contributed by atoms with Gasteiger partial charge in [-0.1, -0.05) is 12.1 Å². The number of aryl methyl sites for hydroxylation is 1. The van der Waals surface area contributed by atoms with Crippen molar-refractivity contribution in [2.75, 3.05) is 0 Å². The summed E-state index contributed by atoms with van der Waals surface area (Å²) in [6.07, 6.45) is 3.56. The Balaban J connectivity index is 1.77. The molecule has 0 amide bonds. The zero-order valence-corrected chi connectivity index (χ0v) is 14.2. The summed E-state index contributed by atoms with van der Waals surface area (Å²) in [6.45, 7) is 3.34. The molecule has 0 atom stereocenters. The number of fused-ring (bicyclic) bond motifs is 1. The van der Waals surface area contributed by atoms with Crippen LogP contribution in [0.3, 0.4) is 0 Å². The van der Waals surface area contributed by atoms with E-state index in [0.29, 0.717) is 17.9 Å². The number of nitrogens with zero attached hydrogens (tertiary/aromatic N) is 5. The Morgan fingerprint density at radius 1 is 1.19 bits per heavy atom. The fraction of sp³-hybridized carbons (Fsp3) is 0.150. The SMILES string of the molecule is CCn1c(Cn2ccnc2-c2cccc(F)c2)nc2cc(C#N)ccc21. The van der Waals surface area contributed by atoms with Crippen molar-refractivity contribution in [3.8, 4) is 17.5 Å². The van der Waals surface area contributed by atoms with Crippen molar-refractivity contribution in [3.63, 3.8) is 0 Å². The molecule has 2 aromatic carbocycles. The van der Waals surface area contributed by atoms with E-state index >= 15 is 0 Å². The summed E-state index contributed by atoms with van der Waals surface area (Å²) in [5.41, 5.74) is 3.11. The van der Waals surface area contributed by atoms with Crippen molar-refractivity contribution in [1.29, 1.82) is 5.26 Å². The van der Waals surface area contributed by atoms with Gasteiger partial charge in [0.25, 0.3) is 0 Å². The largest absolute Gasteiger partial charge is 0.327 e. The Bertz CT molecular complexity index is 1130. The maximum Gasteiger partial charge on any atom is 0.140 e. The van der Waals surface area contributed by atoms with Crippen molar-refractivity contribution >= 4 is 11.0 Å². The predicted octanol–water partition coefficient (Wildman–Crippen LogP) is 3.98. The van der Waals surface area contributed by atoms with Gasteiger partial charge in [-0.05, 0) is 37.3 Å². The topological polar surface area (TPSA) is 59.4 Å². The van der Waals surface area contributed by atoms with E-state index in [2.05, 4.69) is 22.5 Å². The maximum atomic E-state index is 13.6. The zero-order chi connectivity index (χ0) is 18.1. The second-order valence-electron chi connectivity index (χ2n) is 5.98. The van der Waals surface area contributed by atoms with Crippen LogP contribution in [0.1, 0.15) is 18.3 Å². The molecule has 4 rings (SSSR count). The minimum Gasteiger partial charge on any atom is -0.327 e. The summed E-state index contributed by atoms with van der Waals surface area (Å²) in [5, 5.41) is 9.10. The Hall–Kier alpha value is -3.46. The van der Waals surface area contributed by atoms with E-state index in [1.165, 1.54) is 12.1 Å². The maximum absolute atomic E-state index is 13.6. The van der Waals surface area contributed by atoms with Crippen LogP contribution in [0.4, 0.5) is 4.39 Å². The summed E-state index contributed by atoms with van der Waals surface area (Å²) in [4.78, 5) is 9.09. The highest BCUT2D eigenvalue weighted by Gasteiger charge is 2.13. The highest BCUT2D eigenvalue weighted by atomic mass is 19.1. The van der Waals surface area contributed by atoms with Crippen LogP contribution in [-0.2, 0) is 13.1 Å². The van der Waals surface area contributed by atoms with Crippen molar-refractivity contribution in [2.45, 2.75) is 20.0 Å². The molecule has 0 unspecified atom stereocenters. The van der Waals surface area contributed by atoms with Gasteiger partial charge in [0.2, 0.25) is 0 Å². The summed E-state index contributed by atoms with van der Waals surface area (Å²) in [5.74, 6) is 1.27. The number of hydrogen-bond donors (Lipinski definition) is 0. The molecule has 0 aliphatic carbocycles. The van der Waals surface area contributed by atoms with E-state index in [4.69, 9.17) is 10.2 Å². The van der Waals surface area contributed by atoms with Crippen LogP contribution in [0.15, 0.2) is 54.9 Å². The van der Waals surface area contributed by atoms with E-state index in [9.17, 15) is 4.39 Å². The monoisotopic (exact) mass is 345 g/mol. The molecule has 2 aromatic heterocycles. The van der Waals surface area contributed by atoms with Gasteiger partial charge in [-0.3, -0.25) is 0 Å². The molecule has 4 aromatic rings. The fourth-order valence-electron chi connectivity index (χ4n) is 3.20. The van der Waals surface area contributed by atoms with Crippen LogP contribution in [-0.4, -0.2) is 19.1 Å². The molecule has 6 heteroatoms. The first kappa shape index (κ1) is 16.0. The smallest absolute Gasteiger partial charge is 0.140 e. The molecule has 5 nitrogen and oxygen atoms in total. The number of imidazole rings is 2. The van der Waals surface area contributed by atoms with Gasteiger partial charge in [0, 0.05) is 24.5 Å². The average Bonchev–Trinajstić information content (AvgIpc) is 3.25. The van der Waals surface area contributed by atoms with Gasteiger partial charge in [-0.2, -0.15) is 5.26 Å². The van der Waals surface area contributed by atoms with Gasteiger partial charge < -0.3 is 9.13 Å². The Morgan fingerprint density at radius 3 is 2.85 bits per heavy atom. The number of aromatic nitrogens is 4. The molecule has 26 heavy (non-hydrogen) atoms. The second-order valence-corrected chi connectivity index (χ2v) is 5.98. The molecule has 0 saturated carbocycles. The normalized spacial score (nSPS) is 11.0. The van der Waals surface area contributed by atoms with E-state index in [-0.39, 0.29) is 5.82 Å². The third-order valence-electron chi connectivity index (χ3n) is 4.38. The summed E-state index contributed by atoms with van der Waals surface area (Å²) in [6, 6.07) is 14.1. The third kappa shape index (κ3) is 2.74. The van der Waals surface area contributed by atoms with Crippen LogP contribution in [0.5, 0.6) is 0 Å². The zero-order valence-electron chi connectivity index (χ0n) is 14.2. The lowest BCUT2D eigenvalue weighted by molar-refractivity contribution is 0.627. The number of nitriles is 1. The molecule has 0 bridgehead atoms. The van der Waals surface area contributed by atoms with Gasteiger partial charge in [0.1, 0.15) is 17.5 Å². The highest BCUT2D eigenvalue weighted by molar-refractivity contribution is 5.77. The standard InChI is InChI=1S/C20H16FN5/c1-2-26-18-7-6-14(12-22)10-17(18)24-19(26)13-25-9-8-23-20(25)15-4-3-5-16(21)11-15/h3-11H,2,13H2,1H3. The molecule has 0 N–H and O–H groups in total. The number of halogens is 1. The van der Waals surface area contributed by atoms with Crippen LogP contribution in [0, 0.1) is 17.1 Å². The number of hydrogen-bond acceptors (Lipinski definition) is 3. The van der Waals surface area contributed by atoms with Crippen molar-refractivity contribution < 1.29 is 4.39 Å². The first-order valence-electron chi connectivity index (χ1n) is 8.36. The fourth-order valence-corrected chi connectivity index (χ4v) is 3.20. The second kappa shape index (κ2) is 6.45. The molecule has 0 radical (unpaired) electrons. The van der Waals surface area contributed by atoms with Crippen molar-refractivity contribution in [3.05, 3.63) is 72.1 Å². The molecule has 0 aliphatic rings. The lowest BCUT2D eigenvalue weighted by atomic mass is 10.2. The van der Waals surface area contributed by atoms with E-state index < -0.39 is 0 Å². The van der Waals surface area contributed by atoms with Crippen LogP contribution >= 0.6 is 0 Å². The predicted molar refractivity (Wildman–Crippen MR) is 96.8 cm³/mol. The summed E-state index contributed by atoms with van der Waals surface area (Å²) < 4.78 is 17.6. The van der Waals surface area contributed by atoms with Crippen LogP contribution in [0.25, 0.3) is 22.4 Å². The average molecular weight is 345 g/mol. The van der Waals surface area contributed by atoms with Crippen molar-refractivity contribution in [2.24, 2.45) is 0 Å². The molecule has 0 saturated heterocycles. The summed E-state index contributed by atoms with van der Waals surface area (Å²) >= 11 is 0. The van der Waals surface area contributed by atoms with Crippen LogP contribution < -0.4 is 0 Å². The van der Waals surface area contributed by atoms with E-state index in [0.717, 1.165) is 29.0 Å². The molecule has 128 valence electrons. The Labute approximate surface area is 150 Å². The minimum atomic E-state index is -0.290. The first-order chi connectivity index (χ1) is 12.7. The van der Waals surface area contributed by atoms with Gasteiger partial charge in [-0.15, -0.1) is 0 Å². The van der Waals surface area contributed by atoms with Crippen molar-refractivity contribution in [1.82, 2.24) is 19.1 Å². The lowest BCUT2D eigenvalue weighted by Crippen LogP contribution is -2.08. The molecular formula is C20H16FN5.